The van der Waals surface area contributed by atoms with E-state index in [1.54, 1.807) is 24.7 Å². The van der Waals surface area contributed by atoms with Crippen LogP contribution in [0.1, 0.15) is 24.6 Å². The quantitative estimate of drug-likeness (QED) is 0.841. The van der Waals surface area contributed by atoms with E-state index in [0.717, 1.165) is 41.8 Å². The van der Waals surface area contributed by atoms with Gasteiger partial charge in [0, 0.05) is 31.1 Å². The molecule has 8 heteroatoms. The smallest absolute Gasteiger partial charge is 0.211 e. The molecule has 0 aromatic carbocycles. The minimum atomic E-state index is -3.17. The van der Waals surface area contributed by atoms with E-state index in [-0.39, 0.29) is 6.04 Å². The first kappa shape index (κ1) is 16.6. The Morgan fingerprint density at radius 1 is 1.43 bits per heavy atom. The predicted octanol–water partition coefficient (Wildman–Crippen LogP) is 2.11. The van der Waals surface area contributed by atoms with Gasteiger partial charge in [-0.15, -0.1) is 11.3 Å². The number of aryl methyl sites for hydroxylation is 1. The maximum Gasteiger partial charge on any atom is 0.211 e. The van der Waals surface area contributed by atoms with E-state index >= 15 is 0 Å². The molecule has 23 heavy (non-hydrogen) atoms. The van der Waals surface area contributed by atoms with Crippen molar-refractivity contribution in [2.45, 2.75) is 32.2 Å². The molecule has 1 saturated heterocycles. The van der Waals surface area contributed by atoms with Gasteiger partial charge in [-0.2, -0.15) is 0 Å². The maximum atomic E-state index is 11.8. The van der Waals surface area contributed by atoms with E-state index in [1.165, 1.54) is 15.4 Å². The largest absolute Gasteiger partial charge is 0.354 e. The van der Waals surface area contributed by atoms with Crippen molar-refractivity contribution >= 4 is 37.4 Å². The van der Waals surface area contributed by atoms with Gasteiger partial charge in [0.15, 0.2) is 0 Å². The summed E-state index contributed by atoms with van der Waals surface area (Å²) in [5, 5.41) is 1.08. The molecule has 0 saturated carbocycles. The van der Waals surface area contributed by atoms with Crippen LogP contribution in [0.4, 0.5) is 5.82 Å². The highest BCUT2D eigenvalue weighted by Gasteiger charge is 2.29. The fourth-order valence-electron chi connectivity index (χ4n) is 3.03. The summed E-state index contributed by atoms with van der Waals surface area (Å²) in [4.78, 5) is 13.4. The Morgan fingerprint density at radius 2 is 2.22 bits per heavy atom. The van der Waals surface area contributed by atoms with Gasteiger partial charge in [0.2, 0.25) is 10.0 Å². The van der Waals surface area contributed by atoms with Crippen LogP contribution >= 0.6 is 11.3 Å². The van der Waals surface area contributed by atoms with Crippen molar-refractivity contribution in [3.63, 3.8) is 0 Å². The van der Waals surface area contributed by atoms with E-state index < -0.39 is 10.0 Å². The first-order valence-electron chi connectivity index (χ1n) is 7.81. The first-order chi connectivity index (χ1) is 10.9. The Kier molecular flexibility index (Phi) is 4.57. The van der Waals surface area contributed by atoms with Crippen LogP contribution in [0.2, 0.25) is 0 Å². The van der Waals surface area contributed by atoms with Crippen molar-refractivity contribution in [2.24, 2.45) is 0 Å². The SMILES string of the molecule is CCc1cc2c(N3CCCC(N(C)S(C)(=O)=O)C3)ncnc2s1. The fraction of sp³-hybridized carbons (Fsp3) is 0.600. The third-order valence-electron chi connectivity index (χ3n) is 4.44. The van der Waals surface area contributed by atoms with Crippen molar-refractivity contribution in [3.8, 4) is 0 Å². The predicted molar refractivity (Wildman–Crippen MR) is 94.6 cm³/mol. The Bertz CT molecular complexity index is 803. The highest BCUT2D eigenvalue weighted by atomic mass is 32.2. The minimum absolute atomic E-state index is 0.00644. The summed E-state index contributed by atoms with van der Waals surface area (Å²) in [6, 6.07) is 2.16. The van der Waals surface area contributed by atoms with Crippen molar-refractivity contribution in [2.75, 3.05) is 31.3 Å². The summed E-state index contributed by atoms with van der Waals surface area (Å²) < 4.78 is 25.1. The normalized spacial score (nSPS) is 19.7. The molecule has 1 fully saturated rings. The van der Waals surface area contributed by atoms with Crippen molar-refractivity contribution in [3.05, 3.63) is 17.3 Å². The highest BCUT2D eigenvalue weighted by Crippen LogP contribution is 2.32. The third-order valence-corrected chi connectivity index (χ3v) is 6.97. The molecule has 1 unspecified atom stereocenters. The Hall–Kier alpha value is -1.25. The summed E-state index contributed by atoms with van der Waals surface area (Å²) >= 11 is 1.70. The molecule has 3 heterocycles. The van der Waals surface area contributed by atoms with Crippen LogP contribution in [-0.2, 0) is 16.4 Å². The van der Waals surface area contributed by atoms with E-state index in [1.807, 2.05) is 0 Å². The number of piperidine rings is 1. The van der Waals surface area contributed by atoms with E-state index in [2.05, 4.69) is 27.9 Å². The maximum absolute atomic E-state index is 11.8. The number of likely N-dealkylation sites (N-methyl/N-ethyl adjacent to an activating group) is 1. The Labute approximate surface area is 141 Å². The number of sulfonamides is 1. The number of rotatable bonds is 4. The van der Waals surface area contributed by atoms with Crippen molar-refractivity contribution in [1.29, 1.82) is 0 Å². The number of hydrogen-bond donors (Lipinski definition) is 0. The van der Waals surface area contributed by atoms with Gasteiger partial charge in [-0.25, -0.2) is 22.7 Å². The van der Waals surface area contributed by atoms with Crippen LogP contribution in [0.25, 0.3) is 10.2 Å². The summed E-state index contributed by atoms with van der Waals surface area (Å²) in [6.07, 6.45) is 5.71. The molecule has 2 aromatic heterocycles. The molecule has 2 aromatic rings. The van der Waals surface area contributed by atoms with E-state index in [0.29, 0.717) is 6.54 Å². The second-order valence-corrected chi connectivity index (χ2v) is 9.16. The first-order valence-corrected chi connectivity index (χ1v) is 10.5. The number of fused-ring (bicyclic) bond motifs is 1. The lowest BCUT2D eigenvalue weighted by molar-refractivity contribution is 0.321. The zero-order chi connectivity index (χ0) is 16.6. The topological polar surface area (TPSA) is 66.4 Å². The Morgan fingerprint density at radius 3 is 2.91 bits per heavy atom. The monoisotopic (exact) mass is 354 g/mol. The van der Waals surface area contributed by atoms with Gasteiger partial charge in [-0.1, -0.05) is 6.92 Å². The molecule has 0 radical (unpaired) electrons. The molecule has 0 spiro atoms. The van der Waals surface area contributed by atoms with Crippen molar-refractivity contribution in [1.82, 2.24) is 14.3 Å². The van der Waals surface area contributed by atoms with Crippen LogP contribution in [-0.4, -0.2) is 55.1 Å². The molecule has 6 nitrogen and oxygen atoms in total. The highest BCUT2D eigenvalue weighted by molar-refractivity contribution is 7.88. The van der Waals surface area contributed by atoms with Gasteiger partial charge < -0.3 is 4.90 Å². The van der Waals surface area contributed by atoms with Gasteiger partial charge >= 0.3 is 0 Å². The second kappa shape index (κ2) is 6.33. The van der Waals surface area contributed by atoms with Crippen LogP contribution < -0.4 is 4.90 Å². The van der Waals surface area contributed by atoms with E-state index in [4.69, 9.17) is 0 Å². The number of aromatic nitrogens is 2. The number of nitrogens with zero attached hydrogens (tertiary/aromatic N) is 4. The zero-order valence-corrected chi connectivity index (χ0v) is 15.3. The number of hydrogen-bond acceptors (Lipinski definition) is 6. The molecule has 126 valence electrons. The van der Waals surface area contributed by atoms with Gasteiger partial charge in [-0.05, 0) is 25.3 Å². The van der Waals surface area contributed by atoms with Crippen LogP contribution in [0, 0.1) is 0 Å². The number of anilines is 1. The lowest BCUT2D eigenvalue weighted by Gasteiger charge is -2.37. The van der Waals surface area contributed by atoms with Gasteiger partial charge in [0.1, 0.15) is 17.0 Å². The van der Waals surface area contributed by atoms with E-state index in [9.17, 15) is 8.42 Å². The molecule has 0 N–H and O–H groups in total. The summed E-state index contributed by atoms with van der Waals surface area (Å²) in [6.45, 7) is 3.71. The summed E-state index contributed by atoms with van der Waals surface area (Å²) in [5.41, 5.74) is 0. The van der Waals surface area contributed by atoms with Gasteiger partial charge in [-0.3, -0.25) is 0 Å². The molecular weight excluding hydrogens is 332 g/mol. The molecular formula is C15H22N4O2S2. The van der Waals surface area contributed by atoms with Crippen molar-refractivity contribution < 1.29 is 8.42 Å². The standard InChI is InChI=1S/C15H22N4O2S2/c1-4-12-8-13-14(16-10-17-15(13)22-12)19-7-5-6-11(9-19)18(2)23(3,20)21/h8,10-11H,4-7,9H2,1-3H3. The van der Waals surface area contributed by atoms with Crippen LogP contribution in [0.5, 0.6) is 0 Å². The van der Waals surface area contributed by atoms with Gasteiger partial charge in [0.25, 0.3) is 0 Å². The fourth-order valence-corrected chi connectivity index (χ4v) is 4.68. The molecule has 0 amide bonds. The second-order valence-electron chi connectivity index (χ2n) is 6.00. The van der Waals surface area contributed by atoms with Crippen LogP contribution in [0.3, 0.4) is 0 Å². The lowest BCUT2D eigenvalue weighted by atomic mass is 10.1. The average Bonchev–Trinajstić information content (AvgIpc) is 2.96. The third kappa shape index (κ3) is 3.34. The van der Waals surface area contributed by atoms with Gasteiger partial charge in [0.05, 0.1) is 11.6 Å². The summed E-state index contributed by atoms with van der Waals surface area (Å²) in [5.74, 6) is 0.928. The number of thiophene rings is 1. The molecule has 1 atom stereocenters. The minimum Gasteiger partial charge on any atom is -0.354 e. The molecule has 1 aliphatic rings. The Balaban J connectivity index is 1.91. The zero-order valence-electron chi connectivity index (χ0n) is 13.7. The summed E-state index contributed by atoms with van der Waals surface area (Å²) in [7, 11) is -1.51. The van der Waals surface area contributed by atoms with Crippen LogP contribution in [0.15, 0.2) is 12.4 Å². The molecule has 3 rings (SSSR count). The average molecular weight is 355 g/mol. The molecule has 0 bridgehead atoms. The molecule has 0 aliphatic carbocycles. The molecule has 1 aliphatic heterocycles. The lowest BCUT2D eigenvalue weighted by Crippen LogP contribution is -2.48.